The predicted molar refractivity (Wildman–Crippen MR) is 145 cm³/mol. The van der Waals surface area contributed by atoms with Crippen LogP contribution in [0.3, 0.4) is 0 Å². The number of nitrogens with zero attached hydrogens (tertiary/aromatic N) is 5. The van der Waals surface area contributed by atoms with Crippen LogP contribution in [0, 0.1) is 6.92 Å². The molecule has 0 spiro atoms. The van der Waals surface area contributed by atoms with Gasteiger partial charge in [0.05, 0.1) is 34.1 Å². The molecule has 0 unspecified atom stereocenters. The molecule has 0 bridgehead atoms. The third-order valence-corrected chi connectivity index (χ3v) is 7.74. The molecule has 174 valence electrons. The van der Waals surface area contributed by atoms with Crippen LogP contribution in [0.25, 0.3) is 54.4 Å². The monoisotopic (exact) mass is 487 g/mol. The van der Waals surface area contributed by atoms with E-state index in [1.54, 1.807) is 18.4 Å². The Kier molecular flexibility index (Phi) is 4.65. The Morgan fingerprint density at radius 1 is 0.861 bits per heavy atom. The number of para-hydroxylation sites is 3. The van der Waals surface area contributed by atoms with Crippen molar-refractivity contribution >= 4 is 38.4 Å². The summed E-state index contributed by atoms with van der Waals surface area (Å²) in [7, 11) is 1.68. The van der Waals surface area contributed by atoms with Crippen molar-refractivity contribution in [1.29, 1.82) is 0 Å². The molecule has 0 radical (unpaired) electrons. The van der Waals surface area contributed by atoms with E-state index in [1.165, 1.54) is 0 Å². The van der Waals surface area contributed by atoms with Crippen molar-refractivity contribution < 1.29 is 4.74 Å². The van der Waals surface area contributed by atoms with Crippen LogP contribution in [0.4, 0.5) is 0 Å². The van der Waals surface area contributed by atoms with Crippen molar-refractivity contribution in [2.75, 3.05) is 7.11 Å². The van der Waals surface area contributed by atoms with Crippen LogP contribution in [0.15, 0.2) is 91.1 Å². The van der Waals surface area contributed by atoms with Gasteiger partial charge in [0, 0.05) is 23.0 Å². The summed E-state index contributed by atoms with van der Waals surface area (Å²) in [5.41, 5.74) is 8.07. The molecule has 7 rings (SSSR count). The number of hydrogen-bond acceptors (Lipinski definition) is 5. The normalized spacial score (nSPS) is 11.6. The minimum Gasteiger partial charge on any atom is -0.497 e. The highest BCUT2D eigenvalue weighted by atomic mass is 32.1. The molecule has 0 saturated carbocycles. The zero-order chi connectivity index (χ0) is 24.2. The smallest absolute Gasteiger partial charge is 0.195 e. The Bertz CT molecular complexity index is 1880. The fourth-order valence-electron chi connectivity index (χ4n) is 4.84. The zero-order valence-corrected chi connectivity index (χ0v) is 20.5. The molecule has 0 fully saturated rings. The number of aryl methyl sites for hydroxylation is 1. The molecule has 0 aliphatic heterocycles. The van der Waals surface area contributed by atoms with Crippen LogP contribution in [0.5, 0.6) is 5.75 Å². The van der Waals surface area contributed by atoms with Crippen molar-refractivity contribution in [3.8, 4) is 33.1 Å². The highest BCUT2D eigenvalue weighted by Crippen LogP contribution is 2.41. The topological polar surface area (TPSA) is 57.2 Å². The van der Waals surface area contributed by atoms with Crippen molar-refractivity contribution in [2.24, 2.45) is 0 Å². The zero-order valence-electron chi connectivity index (χ0n) is 19.7. The number of rotatable bonds is 4. The first-order valence-corrected chi connectivity index (χ1v) is 12.5. The second-order valence-electron chi connectivity index (χ2n) is 8.62. The van der Waals surface area contributed by atoms with Gasteiger partial charge in [-0.3, -0.25) is 4.40 Å². The summed E-state index contributed by atoms with van der Waals surface area (Å²) in [5, 5.41) is 6.11. The molecule has 0 aliphatic carbocycles. The lowest BCUT2D eigenvalue weighted by Crippen LogP contribution is -1.97. The molecule has 0 saturated heterocycles. The van der Waals surface area contributed by atoms with E-state index in [4.69, 9.17) is 19.8 Å². The van der Waals surface area contributed by atoms with Crippen molar-refractivity contribution in [2.45, 2.75) is 6.92 Å². The standard InChI is InChI=1S/C29H21N5OS/c1-18-27(36-29-31-23-10-6-7-11-24(23)33(18)29)22-16-17-30-28-25(22)26(19-12-14-21(35-2)15-13-19)32-34(28)20-8-4-3-5-9-20/h3-17H,1-2H3. The van der Waals surface area contributed by atoms with Gasteiger partial charge >= 0.3 is 0 Å². The van der Waals surface area contributed by atoms with Gasteiger partial charge in [-0.15, -0.1) is 0 Å². The van der Waals surface area contributed by atoms with E-state index in [9.17, 15) is 0 Å². The molecular formula is C29H21N5OS. The van der Waals surface area contributed by atoms with E-state index < -0.39 is 0 Å². The first-order chi connectivity index (χ1) is 17.7. The van der Waals surface area contributed by atoms with Crippen LogP contribution < -0.4 is 4.74 Å². The largest absolute Gasteiger partial charge is 0.497 e. The number of ether oxygens (including phenoxy) is 1. The van der Waals surface area contributed by atoms with Gasteiger partial charge in [0.25, 0.3) is 0 Å². The lowest BCUT2D eigenvalue weighted by atomic mass is 10.0. The van der Waals surface area contributed by atoms with Gasteiger partial charge in [-0.1, -0.05) is 41.7 Å². The number of fused-ring (bicyclic) bond motifs is 4. The molecule has 3 aromatic carbocycles. The number of aromatic nitrogens is 5. The van der Waals surface area contributed by atoms with E-state index >= 15 is 0 Å². The van der Waals surface area contributed by atoms with Gasteiger partial charge in [-0.2, -0.15) is 5.10 Å². The number of thiazole rings is 1. The average molecular weight is 488 g/mol. The van der Waals surface area contributed by atoms with E-state index in [1.807, 2.05) is 59.4 Å². The summed E-state index contributed by atoms with van der Waals surface area (Å²) in [6, 6.07) is 28.5. The Morgan fingerprint density at radius 3 is 2.44 bits per heavy atom. The molecule has 4 aromatic heterocycles. The molecule has 0 N–H and O–H groups in total. The highest BCUT2D eigenvalue weighted by molar-refractivity contribution is 7.20. The maximum absolute atomic E-state index is 5.39. The van der Waals surface area contributed by atoms with Crippen LogP contribution in [0.1, 0.15) is 5.69 Å². The summed E-state index contributed by atoms with van der Waals surface area (Å²) in [4.78, 5) is 11.8. The molecule has 6 nitrogen and oxygen atoms in total. The van der Waals surface area contributed by atoms with Crippen molar-refractivity contribution in [1.82, 2.24) is 24.1 Å². The van der Waals surface area contributed by atoms with Crippen LogP contribution >= 0.6 is 11.3 Å². The van der Waals surface area contributed by atoms with Crippen LogP contribution in [0.2, 0.25) is 0 Å². The van der Waals surface area contributed by atoms with Gasteiger partial charge in [-0.25, -0.2) is 14.6 Å². The van der Waals surface area contributed by atoms with Gasteiger partial charge in [-0.05, 0) is 61.5 Å². The highest BCUT2D eigenvalue weighted by Gasteiger charge is 2.23. The van der Waals surface area contributed by atoms with E-state index in [0.717, 1.165) is 65.9 Å². The number of imidazole rings is 1. The third-order valence-electron chi connectivity index (χ3n) is 6.56. The average Bonchev–Trinajstić information content (AvgIpc) is 3.60. The summed E-state index contributed by atoms with van der Waals surface area (Å²) < 4.78 is 9.57. The van der Waals surface area contributed by atoms with Crippen LogP contribution in [-0.2, 0) is 0 Å². The second kappa shape index (κ2) is 8.03. The Hall–Kier alpha value is -4.49. The summed E-state index contributed by atoms with van der Waals surface area (Å²) >= 11 is 1.70. The van der Waals surface area contributed by atoms with Gasteiger partial charge < -0.3 is 4.74 Å². The molecule has 0 aliphatic rings. The number of benzene rings is 3. The quantitative estimate of drug-likeness (QED) is 0.270. The molecule has 0 amide bonds. The maximum Gasteiger partial charge on any atom is 0.195 e. The van der Waals surface area contributed by atoms with E-state index in [0.29, 0.717) is 0 Å². The van der Waals surface area contributed by atoms with Gasteiger partial charge in [0.15, 0.2) is 10.6 Å². The van der Waals surface area contributed by atoms with Crippen LogP contribution in [-0.4, -0.2) is 31.3 Å². The minimum atomic E-state index is 0.811. The van der Waals surface area contributed by atoms with Crippen molar-refractivity contribution in [3.05, 3.63) is 96.8 Å². The van der Waals surface area contributed by atoms with Gasteiger partial charge in [0.2, 0.25) is 0 Å². The molecule has 7 heteroatoms. The van der Waals surface area contributed by atoms with E-state index in [-0.39, 0.29) is 0 Å². The van der Waals surface area contributed by atoms with Crippen molar-refractivity contribution in [3.63, 3.8) is 0 Å². The first-order valence-electron chi connectivity index (χ1n) is 11.7. The lowest BCUT2D eigenvalue weighted by molar-refractivity contribution is 0.415. The molecule has 0 atom stereocenters. The minimum absolute atomic E-state index is 0.811. The molecule has 36 heavy (non-hydrogen) atoms. The van der Waals surface area contributed by atoms with Gasteiger partial charge in [0.1, 0.15) is 11.4 Å². The lowest BCUT2D eigenvalue weighted by Gasteiger charge is -2.06. The predicted octanol–water partition coefficient (Wildman–Crippen LogP) is 6.93. The number of methoxy groups -OCH3 is 1. The Morgan fingerprint density at radius 2 is 1.64 bits per heavy atom. The Balaban J connectivity index is 1.54. The SMILES string of the molecule is COc1ccc(-c2nn(-c3ccccc3)c3nccc(-c4sc5nc6ccccc6n5c4C)c23)cc1. The maximum atomic E-state index is 5.39. The summed E-state index contributed by atoms with van der Waals surface area (Å²) in [5.74, 6) is 0.811. The molecule has 4 heterocycles. The third kappa shape index (κ3) is 3.06. The first kappa shape index (κ1) is 20.8. The second-order valence-corrected chi connectivity index (χ2v) is 9.59. The fourth-order valence-corrected chi connectivity index (χ4v) is 6.02. The summed E-state index contributed by atoms with van der Waals surface area (Å²) in [6.07, 6.45) is 1.87. The summed E-state index contributed by atoms with van der Waals surface area (Å²) in [6.45, 7) is 2.16. The molecular weight excluding hydrogens is 466 g/mol. The number of pyridine rings is 1. The number of hydrogen-bond donors (Lipinski definition) is 0. The molecule has 7 aromatic rings. The fraction of sp³-hybridized carbons (Fsp3) is 0.0690. The Labute approximate surface area is 211 Å². The van der Waals surface area contributed by atoms with E-state index in [2.05, 4.69) is 47.7 Å².